The van der Waals surface area contributed by atoms with Crippen molar-refractivity contribution in [2.24, 2.45) is 11.5 Å². The summed E-state index contributed by atoms with van der Waals surface area (Å²) >= 11 is 0. The van der Waals surface area contributed by atoms with Crippen LogP contribution in [0.5, 0.6) is 0 Å². The lowest BCUT2D eigenvalue weighted by Crippen LogP contribution is -2.42. The molecule has 0 saturated heterocycles. The van der Waals surface area contributed by atoms with Crippen molar-refractivity contribution in [3.05, 3.63) is 70.8 Å². The first-order valence-corrected chi connectivity index (χ1v) is 10.4. The van der Waals surface area contributed by atoms with E-state index in [1.54, 1.807) is 62.4 Å². The van der Waals surface area contributed by atoms with Crippen LogP contribution in [0.2, 0.25) is 0 Å². The first-order valence-electron chi connectivity index (χ1n) is 10.4. The molecule has 0 bridgehead atoms. The third-order valence-corrected chi connectivity index (χ3v) is 5.17. The predicted octanol–water partition coefficient (Wildman–Crippen LogP) is 2.47. The number of primary amides is 2. The SMILES string of the molecule is CCOC(=O)c1ccc(C(CCCC(N)=O)(C(N)=O)c2ccc(C(=O)OCC)cc2)cc1. The van der Waals surface area contributed by atoms with E-state index in [4.69, 9.17) is 20.9 Å². The van der Waals surface area contributed by atoms with E-state index < -0.39 is 29.2 Å². The van der Waals surface area contributed by atoms with Crippen LogP contribution in [0.3, 0.4) is 0 Å². The molecule has 8 nitrogen and oxygen atoms in total. The molecule has 0 aromatic heterocycles. The van der Waals surface area contributed by atoms with Crippen molar-refractivity contribution < 1.29 is 28.7 Å². The second kappa shape index (κ2) is 11.1. The summed E-state index contributed by atoms with van der Waals surface area (Å²) in [6, 6.07) is 12.8. The average Bonchev–Trinajstić information content (AvgIpc) is 2.77. The highest BCUT2D eigenvalue weighted by Gasteiger charge is 2.40. The molecule has 0 unspecified atom stereocenters. The fourth-order valence-corrected chi connectivity index (χ4v) is 3.60. The van der Waals surface area contributed by atoms with Gasteiger partial charge in [0.05, 0.1) is 29.8 Å². The van der Waals surface area contributed by atoms with Crippen LogP contribution in [0.15, 0.2) is 48.5 Å². The van der Waals surface area contributed by atoms with Gasteiger partial charge in [0.25, 0.3) is 0 Å². The number of esters is 2. The van der Waals surface area contributed by atoms with Gasteiger partial charge in [-0.3, -0.25) is 9.59 Å². The molecule has 0 atom stereocenters. The molecular formula is C24H28N2O6. The Hall–Kier alpha value is -3.68. The predicted molar refractivity (Wildman–Crippen MR) is 118 cm³/mol. The Balaban J connectivity index is 2.53. The quantitative estimate of drug-likeness (QED) is 0.515. The minimum atomic E-state index is -1.30. The molecule has 0 saturated carbocycles. The number of rotatable bonds is 11. The molecule has 2 aromatic carbocycles. The van der Waals surface area contributed by atoms with Crippen LogP contribution in [-0.2, 0) is 24.5 Å². The molecular weight excluding hydrogens is 412 g/mol. The summed E-state index contributed by atoms with van der Waals surface area (Å²) in [5.74, 6) is -2.07. The lowest BCUT2D eigenvalue weighted by atomic mass is 9.70. The van der Waals surface area contributed by atoms with Crippen molar-refractivity contribution in [3.8, 4) is 0 Å². The molecule has 0 aliphatic carbocycles. The Labute approximate surface area is 186 Å². The Morgan fingerprint density at radius 3 is 1.47 bits per heavy atom. The summed E-state index contributed by atoms with van der Waals surface area (Å²) in [4.78, 5) is 48.2. The Kier molecular flexibility index (Phi) is 8.52. The number of nitrogens with two attached hydrogens (primary N) is 2. The highest BCUT2D eigenvalue weighted by Crippen LogP contribution is 2.37. The zero-order chi connectivity index (χ0) is 23.7. The van der Waals surface area contributed by atoms with E-state index in [-0.39, 0.29) is 26.1 Å². The first-order chi connectivity index (χ1) is 15.3. The molecule has 0 heterocycles. The van der Waals surface area contributed by atoms with Crippen LogP contribution in [0.4, 0.5) is 0 Å². The summed E-state index contributed by atoms with van der Waals surface area (Å²) in [6.07, 6.45) is 0.608. The van der Waals surface area contributed by atoms with Gasteiger partial charge in [-0.05, 0) is 62.1 Å². The molecule has 4 N–H and O–H groups in total. The number of carbonyl (C=O) groups is 4. The molecule has 0 spiro atoms. The van der Waals surface area contributed by atoms with E-state index in [0.717, 1.165) is 0 Å². The maximum Gasteiger partial charge on any atom is 0.338 e. The lowest BCUT2D eigenvalue weighted by molar-refractivity contribution is -0.123. The largest absolute Gasteiger partial charge is 0.462 e. The smallest absolute Gasteiger partial charge is 0.338 e. The van der Waals surface area contributed by atoms with Gasteiger partial charge in [-0.15, -0.1) is 0 Å². The van der Waals surface area contributed by atoms with Crippen LogP contribution in [0, 0.1) is 0 Å². The monoisotopic (exact) mass is 440 g/mol. The number of benzene rings is 2. The molecule has 32 heavy (non-hydrogen) atoms. The molecule has 2 aromatic rings. The minimum absolute atomic E-state index is 0.0802. The zero-order valence-corrected chi connectivity index (χ0v) is 18.3. The summed E-state index contributed by atoms with van der Waals surface area (Å²) in [7, 11) is 0. The van der Waals surface area contributed by atoms with Crippen molar-refractivity contribution >= 4 is 23.8 Å². The van der Waals surface area contributed by atoms with Gasteiger partial charge in [-0.25, -0.2) is 9.59 Å². The second-order valence-electron chi connectivity index (χ2n) is 7.19. The number of amides is 2. The third-order valence-electron chi connectivity index (χ3n) is 5.17. The van der Waals surface area contributed by atoms with Gasteiger partial charge < -0.3 is 20.9 Å². The molecule has 2 rings (SSSR count). The van der Waals surface area contributed by atoms with Crippen LogP contribution in [0.1, 0.15) is 65.0 Å². The van der Waals surface area contributed by atoms with Crippen LogP contribution >= 0.6 is 0 Å². The fourth-order valence-electron chi connectivity index (χ4n) is 3.60. The summed E-state index contributed by atoms with van der Waals surface area (Å²) in [5, 5.41) is 0. The maximum absolute atomic E-state index is 12.9. The standard InChI is InChI=1S/C24H28N2O6/c1-3-31-21(28)16-7-11-18(12-8-16)24(23(26)30,15-5-6-20(25)27)19-13-9-17(10-14-19)22(29)32-4-2/h7-14H,3-6,15H2,1-2H3,(H2,25,27)(H2,26,30). The van der Waals surface area contributed by atoms with Gasteiger partial charge >= 0.3 is 11.9 Å². The van der Waals surface area contributed by atoms with E-state index in [1.165, 1.54) is 0 Å². The van der Waals surface area contributed by atoms with Crippen LogP contribution < -0.4 is 11.5 Å². The third kappa shape index (κ3) is 5.51. The Morgan fingerprint density at radius 1 is 0.750 bits per heavy atom. The van der Waals surface area contributed by atoms with Crippen molar-refractivity contribution in [2.75, 3.05) is 13.2 Å². The molecule has 0 aliphatic heterocycles. The van der Waals surface area contributed by atoms with E-state index >= 15 is 0 Å². The summed E-state index contributed by atoms with van der Waals surface area (Å²) in [6.45, 7) is 3.91. The van der Waals surface area contributed by atoms with Gasteiger partial charge in [0.2, 0.25) is 11.8 Å². The van der Waals surface area contributed by atoms with Gasteiger partial charge in [0.1, 0.15) is 0 Å². The highest BCUT2D eigenvalue weighted by molar-refractivity contribution is 5.93. The van der Waals surface area contributed by atoms with E-state index in [1.807, 2.05) is 0 Å². The Bertz CT molecular complexity index is 905. The normalized spacial score (nSPS) is 10.9. The average molecular weight is 440 g/mol. The zero-order valence-electron chi connectivity index (χ0n) is 18.3. The Morgan fingerprint density at radius 2 is 1.16 bits per heavy atom. The van der Waals surface area contributed by atoms with Gasteiger partial charge in [-0.1, -0.05) is 24.3 Å². The van der Waals surface area contributed by atoms with Gasteiger partial charge in [0, 0.05) is 6.42 Å². The highest BCUT2D eigenvalue weighted by atomic mass is 16.5. The molecule has 0 fully saturated rings. The van der Waals surface area contributed by atoms with Crippen LogP contribution in [-0.4, -0.2) is 37.0 Å². The number of hydrogen-bond acceptors (Lipinski definition) is 6. The summed E-state index contributed by atoms with van der Waals surface area (Å²) < 4.78 is 10.0. The van der Waals surface area contributed by atoms with Crippen molar-refractivity contribution in [1.29, 1.82) is 0 Å². The topological polar surface area (TPSA) is 139 Å². The van der Waals surface area contributed by atoms with Crippen molar-refractivity contribution in [3.63, 3.8) is 0 Å². The molecule has 8 heteroatoms. The summed E-state index contributed by atoms with van der Waals surface area (Å²) in [5.41, 5.74) is 11.7. The molecule has 0 radical (unpaired) electrons. The first kappa shape index (κ1) is 24.6. The molecule has 2 amide bonds. The lowest BCUT2D eigenvalue weighted by Gasteiger charge is -2.32. The fraction of sp³-hybridized carbons (Fsp3) is 0.333. The molecule has 0 aliphatic rings. The number of ether oxygens (including phenoxy) is 2. The van der Waals surface area contributed by atoms with E-state index in [2.05, 4.69) is 0 Å². The van der Waals surface area contributed by atoms with Crippen LogP contribution in [0.25, 0.3) is 0 Å². The second-order valence-corrected chi connectivity index (χ2v) is 7.19. The van der Waals surface area contributed by atoms with Crippen molar-refractivity contribution in [2.45, 2.75) is 38.5 Å². The van der Waals surface area contributed by atoms with Gasteiger partial charge in [0.15, 0.2) is 0 Å². The maximum atomic E-state index is 12.9. The number of hydrogen-bond donors (Lipinski definition) is 2. The van der Waals surface area contributed by atoms with E-state index in [9.17, 15) is 19.2 Å². The minimum Gasteiger partial charge on any atom is -0.462 e. The van der Waals surface area contributed by atoms with Gasteiger partial charge in [-0.2, -0.15) is 0 Å². The van der Waals surface area contributed by atoms with E-state index in [0.29, 0.717) is 28.7 Å². The molecule has 170 valence electrons. The van der Waals surface area contributed by atoms with Crippen molar-refractivity contribution in [1.82, 2.24) is 0 Å². The number of carbonyl (C=O) groups excluding carboxylic acids is 4.